The Balaban J connectivity index is 1.93. The van der Waals surface area contributed by atoms with Gasteiger partial charge in [-0.05, 0) is 38.8 Å². The smallest absolute Gasteiger partial charge is 0.265 e. The van der Waals surface area contributed by atoms with Gasteiger partial charge in [-0.15, -0.1) is 11.3 Å². The number of hydrogen-bond acceptors (Lipinski definition) is 4. The largest absolute Gasteiger partial charge is 0.294 e. The Hall–Kier alpha value is -2.79. The lowest BCUT2D eigenvalue weighted by Crippen LogP contribution is -2.24. The number of nitrogens with zero attached hydrogens (tertiary/aromatic N) is 3. The summed E-state index contributed by atoms with van der Waals surface area (Å²) in [6, 6.07) is 14.5. The average Bonchev–Trinajstić information content (AvgIpc) is 3.03. The van der Waals surface area contributed by atoms with E-state index in [9.17, 15) is 4.79 Å². The third kappa shape index (κ3) is 3.30. The summed E-state index contributed by atoms with van der Waals surface area (Å²) in [6.07, 6.45) is 0. The fourth-order valence-electron chi connectivity index (χ4n) is 3.21. The van der Waals surface area contributed by atoms with Crippen molar-refractivity contribution in [3.63, 3.8) is 0 Å². The second kappa shape index (κ2) is 6.74. The van der Waals surface area contributed by atoms with Crippen LogP contribution in [0.15, 0.2) is 47.3 Å². The minimum Gasteiger partial charge on any atom is -0.265 e. The second-order valence-corrected chi connectivity index (χ2v) is 8.22. The van der Waals surface area contributed by atoms with Crippen molar-refractivity contribution >= 4 is 21.6 Å². The summed E-state index contributed by atoms with van der Waals surface area (Å²) in [5.41, 5.74) is 6.82. The van der Waals surface area contributed by atoms with Crippen molar-refractivity contribution in [2.24, 2.45) is 0 Å². The van der Waals surface area contributed by atoms with E-state index in [0.29, 0.717) is 12.1 Å². The van der Waals surface area contributed by atoms with Gasteiger partial charge in [0.05, 0.1) is 16.3 Å². The summed E-state index contributed by atoms with van der Waals surface area (Å²) < 4.78 is 2.41. The maximum Gasteiger partial charge on any atom is 0.294 e. The first-order valence-electron chi connectivity index (χ1n) is 8.94. The van der Waals surface area contributed by atoms with Crippen molar-refractivity contribution in [1.29, 1.82) is 0 Å². The molecule has 0 aliphatic carbocycles. The van der Waals surface area contributed by atoms with Gasteiger partial charge in [-0.3, -0.25) is 4.79 Å². The summed E-state index contributed by atoms with van der Waals surface area (Å²) in [7, 11) is 0. The number of fused-ring (bicyclic) bond motifs is 1. The molecule has 0 saturated carbocycles. The van der Waals surface area contributed by atoms with Gasteiger partial charge >= 0.3 is 0 Å². The average molecular weight is 375 g/mol. The number of rotatable bonds is 3. The quantitative estimate of drug-likeness (QED) is 0.517. The van der Waals surface area contributed by atoms with E-state index in [4.69, 9.17) is 5.10 Å². The Morgan fingerprint density at radius 2 is 1.67 bits per heavy atom. The van der Waals surface area contributed by atoms with E-state index < -0.39 is 0 Å². The van der Waals surface area contributed by atoms with Crippen LogP contribution in [0.5, 0.6) is 0 Å². The lowest BCUT2D eigenvalue weighted by molar-refractivity contribution is 0.647. The number of aromatic nitrogens is 3. The third-order valence-electron chi connectivity index (χ3n) is 4.76. The highest BCUT2D eigenvalue weighted by Crippen LogP contribution is 2.29. The van der Waals surface area contributed by atoms with Crippen LogP contribution >= 0.6 is 11.3 Å². The van der Waals surface area contributed by atoms with Crippen molar-refractivity contribution in [3.05, 3.63) is 80.1 Å². The number of benzene rings is 2. The highest BCUT2D eigenvalue weighted by atomic mass is 32.1. The zero-order valence-corrected chi connectivity index (χ0v) is 16.7. The summed E-state index contributed by atoms with van der Waals surface area (Å²) >= 11 is 1.53. The van der Waals surface area contributed by atoms with E-state index in [1.165, 1.54) is 22.5 Å². The van der Waals surface area contributed by atoms with E-state index in [0.717, 1.165) is 32.1 Å². The Kier molecular flexibility index (Phi) is 4.40. The van der Waals surface area contributed by atoms with E-state index in [2.05, 4.69) is 68.2 Å². The Morgan fingerprint density at radius 3 is 2.41 bits per heavy atom. The van der Waals surface area contributed by atoms with Gasteiger partial charge in [-0.2, -0.15) is 5.10 Å². The molecule has 4 rings (SSSR count). The molecule has 0 fully saturated rings. The summed E-state index contributed by atoms with van der Waals surface area (Å²) in [5, 5.41) is 5.63. The van der Waals surface area contributed by atoms with Crippen LogP contribution in [-0.4, -0.2) is 14.8 Å². The molecule has 0 amide bonds. The first-order chi connectivity index (χ1) is 12.9. The van der Waals surface area contributed by atoms with Gasteiger partial charge in [0.1, 0.15) is 5.69 Å². The molecular weight excluding hydrogens is 354 g/mol. The predicted octanol–water partition coefficient (Wildman–Crippen LogP) is 4.80. The number of hydrogen-bond donors (Lipinski definition) is 0. The van der Waals surface area contributed by atoms with Crippen LogP contribution in [0.3, 0.4) is 0 Å². The van der Waals surface area contributed by atoms with E-state index >= 15 is 0 Å². The molecule has 2 heterocycles. The SMILES string of the molecule is Cc1ccc(-c2nn(Cc3cc(C)ccc3C)c(=O)c3nc(C)sc23)cc1. The zero-order chi connectivity index (χ0) is 19.1. The molecule has 136 valence electrons. The molecule has 0 unspecified atom stereocenters. The van der Waals surface area contributed by atoms with Gasteiger partial charge in [-0.1, -0.05) is 53.6 Å². The Labute approximate surface area is 162 Å². The highest BCUT2D eigenvalue weighted by molar-refractivity contribution is 7.19. The fourth-order valence-corrected chi connectivity index (χ4v) is 4.12. The molecule has 2 aromatic heterocycles. The van der Waals surface area contributed by atoms with Crippen molar-refractivity contribution < 1.29 is 0 Å². The molecule has 5 heteroatoms. The molecule has 0 N–H and O–H groups in total. The molecule has 0 aliphatic rings. The highest BCUT2D eigenvalue weighted by Gasteiger charge is 2.17. The fraction of sp³-hybridized carbons (Fsp3) is 0.227. The Bertz CT molecular complexity index is 1200. The topological polar surface area (TPSA) is 47.8 Å². The van der Waals surface area contributed by atoms with Crippen LogP contribution in [0, 0.1) is 27.7 Å². The van der Waals surface area contributed by atoms with Crippen LogP contribution in [0.25, 0.3) is 21.5 Å². The molecule has 2 aromatic carbocycles. The van der Waals surface area contributed by atoms with E-state index in [-0.39, 0.29) is 5.56 Å². The lowest BCUT2D eigenvalue weighted by atomic mass is 10.1. The molecule has 0 radical (unpaired) electrons. The van der Waals surface area contributed by atoms with Gasteiger partial charge in [0.25, 0.3) is 5.56 Å². The summed E-state index contributed by atoms with van der Waals surface area (Å²) in [6.45, 7) is 8.55. The first-order valence-corrected chi connectivity index (χ1v) is 9.75. The van der Waals surface area contributed by atoms with E-state index in [1.54, 1.807) is 4.68 Å². The lowest BCUT2D eigenvalue weighted by Gasteiger charge is -2.11. The molecular formula is C22H21N3OS. The maximum absolute atomic E-state index is 13.0. The molecule has 0 aliphatic heterocycles. The van der Waals surface area contributed by atoms with Gasteiger partial charge in [0.2, 0.25) is 0 Å². The number of thiazole rings is 1. The second-order valence-electron chi connectivity index (χ2n) is 7.02. The summed E-state index contributed by atoms with van der Waals surface area (Å²) in [4.78, 5) is 17.5. The molecule has 27 heavy (non-hydrogen) atoms. The molecule has 0 bridgehead atoms. The third-order valence-corrected chi connectivity index (χ3v) is 5.73. The van der Waals surface area contributed by atoms with Crippen LogP contribution in [0.2, 0.25) is 0 Å². The Morgan fingerprint density at radius 1 is 0.963 bits per heavy atom. The molecule has 0 saturated heterocycles. The molecule has 0 atom stereocenters. The normalized spacial score (nSPS) is 11.3. The standard InChI is InChI=1S/C22H21N3OS/c1-13-6-9-17(10-7-13)19-21-20(23-16(4)27-21)22(26)25(24-19)12-18-11-14(2)5-8-15(18)3/h5-11H,12H2,1-4H3. The minimum atomic E-state index is -0.133. The van der Waals surface area contributed by atoms with Crippen molar-refractivity contribution in [3.8, 4) is 11.3 Å². The van der Waals surface area contributed by atoms with Crippen molar-refractivity contribution in [1.82, 2.24) is 14.8 Å². The van der Waals surface area contributed by atoms with Crippen molar-refractivity contribution in [2.45, 2.75) is 34.2 Å². The number of aryl methyl sites for hydroxylation is 4. The first kappa shape index (κ1) is 17.6. The van der Waals surface area contributed by atoms with E-state index in [1.807, 2.05) is 6.92 Å². The van der Waals surface area contributed by atoms with Crippen LogP contribution in [-0.2, 0) is 6.54 Å². The summed E-state index contributed by atoms with van der Waals surface area (Å²) in [5.74, 6) is 0. The van der Waals surface area contributed by atoms with Crippen LogP contribution in [0.4, 0.5) is 0 Å². The van der Waals surface area contributed by atoms with Crippen LogP contribution < -0.4 is 5.56 Å². The van der Waals surface area contributed by atoms with Gasteiger partial charge < -0.3 is 0 Å². The maximum atomic E-state index is 13.0. The van der Waals surface area contributed by atoms with Gasteiger partial charge in [-0.25, -0.2) is 9.67 Å². The monoisotopic (exact) mass is 375 g/mol. The van der Waals surface area contributed by atoms with Crippen molar-refractivity contribution in [2.75, 3.05) is 0 Å². The minimum absolute atomic E-state index is 0.133. The zero-order valence-electron chi connectivity index (χ0n) is 15.9. The van der Waals surface area contributed by atoms with Gasteiger partial charge in [0.15, 0.2) is 5.52 Å². The molecule has 0 spiro atoms. The molecule has 4 aromatic rings. The predicted molar refractivity (Wildman–Crippen MR) is 112 cm³/mol. The van der Waals surface area contributed by atoms with Crippen LogP contribution in [0.1, 0.15) is 27.3 Å². The molecule has 4 nitrogen and oxygen atoms in total. The van der Waals surface area contributed by atoms with Gasteiger partial charge in [0, 0.05) is 5.56 Å².